The van der Waals surface area contributed by atoms with Crippen molar-refractivity contribution in [2.75, 3.05) is 18.9 Å². The smallest absolute Gasteiger partial charge is 0.463 e. The zero-order valence-corrected chi connectivity index (χ0v) is 22.5. The van der Waals surface area contributed by atoms with Crippen LogP contribution in [-0.2, 0) is 47.7 Å². The van der Waals surface area contributed by atoms with E-state index >= 15 is 0 Å². The number of hydrogen-bond donors (Lipinski definition) is 1. The molecule has 11 nitrogen and oxygen atoms in total. The third-order valence-electron chi connectivity index (χ3n) is 5.09. The van der Waals surface area contributed by atoms with Crippen molar-refractivity contribution in [1.82, 2.24) is 5.32 Å². The summed E-state index contributed by atoms with van der Waals surface area (Å²) in [6.07, 6.45) is -6.35. The van der Waals surface area contributed by atoms with Gasteiger partial charge in [0.2, 0.25) is 0 Å². The number of carbonyl (C=O) groups excluding carboxylic acids is 5. The average molecular weight is 574 g/mol. The predicted molar refractivity (Wildman–Crippen MR) is 127 cm³/mol. The molecule has 1 N–H and O–H groups in total. The molecule has 0 spiro atoms. The molecule has 0 aromatic rings. The van der Waals surface area contributed by atoms with Crippen molar-refractivity contribution in [2.24, 2.45) is 0 Å². The maximum absolute atomic E-state index is 12.2. The van der Waals surface area contributed by atoms with Gasteiger partial charge in [-0.2, -0.15) is 13.2 Å². The first kappa shape index (κ1) is 33.5. The molecular formula is C23H34F3NO10S. The lowest BCUT2D eigenvalue weighted by Gasteiger charge is -2.44. The lowest BCUT2D eigenvalue weighted by molar-refractivity contribution is -0.237. The fourth-order valence-corrected chi connectivity index (χ4v) is 4.81. The van der Waals surface area contributed by atoms with Crippen LogP contribution in [0, 0.1) is 0 Å². The van der Waals surface area contributed by atoms with E-state index in [-0.39, 0.29) is 13.2 Å². The largest absolute Gasteiger partial charge is 0.471 e. The summed E-state index contributed by atoms with van der Waals surface area (Å²) in [6.45, 7) is 4.25. The van der Waals surface area contributed by atoms with Crippen molar-refractivity contribution < 1.29 is 60.8 Å². The minimum absolute atomic E-state index is 0.0716. The van der Waals surface area contributed by atoms with Crippen LogP contribution in [0.2, 0.25) is 0 Å². The summed E-state index contributed by atoms with van der Waals surface area (Å²) < 4.78 is 63.6. The van der Waals surface area contributed by atoms with E-state index in [0.29, 0.717) is 31.4 Å². The van der Waals surface area contributed by atoms with E-state index in [4.69, 9.17) is 23.7 Å². The standard InChI is InChI=1S/C23H34F3NO10S/c1-13(28)33-12-17-18(34-14(2)29)19(35-15(3)30)20(36-16(4)31)21(37-17)38-11-9-7-5-6-8-10-27-22(32)23(24,25)26/h17-21H,5-12H2,1-4H3,(H,27,32)/t17-,18-,19+,20+,21-/m1/s1. The molecule has 1 amide bonds. The minimum Gasteiger partial charge on any atom is -0.463 e. The summed E-state index contributed by atoms with van der Waals surface area (Å²) >= 11 is 1.26. The molecule has 0 radical (unpaired) electrons. The summed E-state index contributed by atoms with van der Waals surface area (Å²) in [5.74, 6) is -4.17. The molecule has 15 heteroatoms. The molecule has 0 aliphatic carbocycles. The quantitative estimate of drug-likeness (QED) is 0.186. The molecule has 1 saturated heterocycles. The Morgan fingerprint density at radius 2 is 1.29 bits per heavy atom. The Morgan fingerprint density at radius 1 is 0.763 bits per heavy atom. The summed E-state index contributed by atoms with van der Waals surface area (Å²) in [5, 5.41) is 1.82. The highest BCUT2D eigenvalue weighted by atomic mass is 32.2. The number of thioether (sulfide) groups is 1. The molecule has 0 unspecified atom stereocenters. The van der Waals surface area contributed by atoms with E-state index < -0.39 is 65.8 Å². The monoisotopic (exact) mass is 573 g/mol. The fourth-order valence-electron chi connectivity index (χ4n) is 3.58. The molecule has 0 aromatic heterocycles. The number of unbranched alkanes of at least 4 members (excludes halogenated alkanes) is 4. The molecule has 1 fully saturated rings. The summed E-state index contributed by atoms with van der Waals surface area (Å²) in [6, 6.07) is 0. The lowest BCUT2D eigenvalue weighted by atomic mass is 9.99. The summed E-state index contributed by atoms with van der Waals surface area (Å²) in [5.41, 5.74) is -0.854. The van der Waals surface area contributed by atoms with Crippen molar-refractivity contribution in [3.63, 3.8) is 0 Å². The maximum atomic E-state index is 12.2. The van der Waals surface area contributed by atoms with E-state index in [1.807, 2.05) is 5.32 Å². The first-order valence-electron chi connectivity index (χ1n) is 12.0. The third-order valence-corrected chi connectivity index (χ3v) is 6.33. The molecular weight excluding hydrogens is 539 g/mol. The van der Waals surface area contributed by atoms with Crippen LogP contribution in [0.5, 0.6) is 0 Å². The molecule has 1 rings (SSSR count). The van der Waals surface area contributed by atoms with Gasteiger partial charge in [0.1, 0.15) is 18.1 Å². The van der Waals surface area contributed by atoms with Gasteiger partial charge in [-0.1, -0.05) is 19.3 Å². The highest BCUT2D eigenvalue weighted by Crippen LogP contribution is 2.34. The van der Waals surface area contributed by atoms with Crippen LogP contribution in [0.25, 0.3) is 0 Å². The van der Waals surface area contributed by atoms with Gasteiger partial charge in [0.25, 0.3) is 0 Å². The van der Waals surface area contributed by atoms with E-state index in [9.17, 15) is 37.1 Å². The van der Waals surface area contributed by atoms with Crippen molar-refractivity contribution in [3.8, 4) is 0 Å². The molecule has 0 saturated carbocycles. The first-order chi connectivity index (χ1) is 17.7. The molecule has 1 aliphatic heterocycles. The van der Waals surface area contributed by atoms with Gasteiger partial charge in [-0.3, -0.25) is 24.0 Å². The zero-order valence-electron chi connectivity index (χ0n) is 21.7. The topological polar surface area (TPSA) is 144 Å². The second kappa shape index (κ2) is 16.4. The van der Waals surface area contributed by atoms with Gasteiger partial charge in [0.15, 0.2) is 18.3 Å². The number of alkyl halides is 3. The Bertz CT molecular complexity index is 826. The van der Waals surface area contributed by atoms with Crippen LogP contribution in [0.4, 0.5) is 13.2 Å². The van der Waals surface area contributed by atoms with E-state index in [1.165, 1.54) is 18.7 Å². The lowest BCUT2D eigenvalue weighted by Crippen LogP contribution is -2.61. The Labute approximate surface area is 222 Å². The molecule has 5 atom stereocenters. The Kier molecular flexibility index (Phi) is 14.5. The molecule has 218 valence electrons. The number of esters is 4. The normalized spacial score (nSPS) is 23.2. The highest BCUT2D eigenvalue weighted by Gasteiger charge is 2.52. The van der Waals surface area contributed by atoms with E-state index in [2.05, 4.69) is 0 Å². The minimum atomic E-state index is -4.90. The van der Waals surface area contributed by atoms with Crippen molar-refractivity contribution >= 4 is 41.5 Å². The number of nitrogens with one attached hydrogen (secondary N) is 1. The van der Waals surface area contributed by atoms with Crippen LogP contribution in [0.1, 0.15) is 59.8 Å². The Balaban J connectivity index is 2.75. The Morgan fingerprint density at radius 3 is 1.84 bits per heavy atom. The number of carbonyl (C=O) groups is 5. The molecule has 1 heterocycles. The third kappa shape index (κ3) is 12.8. The van der Waals surface area contributed by atoms with Crippen molar-refractivity contribution in [2.45, 2.75) is 95.8 Å². The van der Waals surface area contributed by atoms with Gasteiger partial charge in [-0.05, 0) is 18.6 Å². The van der Waals surface area contributed by atoms with Crippen LogP contribution in [-0.4, -0.2) is 84.7 Å². The van der Waals surface area contributed by atoms with Gasteiger partial charge >= 0.3 is 36.0 Å². The average Bonchev–Trinajstić information content (AvgIpc) is 2.78. The second-order valence-electron chi connectivity index (χ2n) is 8.46. The number of halogens is 3. The van der Waals surface area contributed by atoms with E-state index in [1.54, 1.807) is 0 Å². The number of ether oxygens (including phenoxy) is 5. The summed E-state index contributed by atoms with van der Waals surface area (Å²) in [4.78, 5) is 57.5. The van der Waals surface area contributed by atoms with Crippen LogP contribution >= 0.6 is 11.8 Å². The number of rotatable bonds is 14. The van der Waals surface area contributed by atoms with Crippen molar-refractivity contribution in [1.29, 1.82) is 0 Å². The number of amides is 1. The highest BCUT2D eigenvalue weighted by molar-refractivity contribution is 7.99. The molecule has 38 heavy (non-hydrogen) atoms. The molecule has 0 bridgehead atoms. The first-order valence-corrected chi connectivity index (χ1v) is 13.0. The Hall–Kier alpha value is -2.55. The zero-order chi connectivity index (χ0) is 28.9. The van der Waals surface area contributed by atoms with Gasteiger partial charge in [-0.15, -0.1) is 11.8 Å². The number of hydrogen-bond acceptors (Lipinski definition) is 11. The van der Waals surface area contributed by atoms with Crippen LogP contribution in [0.3, 0.4) is 0 Å². The van der Waals surface area contributed by atoms with Crippen LogP contribution in [0.15, 0.2) is 0 Å². The van der Waals surface area contributed by atoms with Gasteiger partial charge in [0.05, 0.1) is 0 Å². The van der Waals surface area contributed by atoms with Gasteiger partial charge in [0, 0.05) is 34.2 Å². The fraction of sp³-hybridized carbons (Fsp3) is 0.783. The van der Waals surface area contributed by atoms with Gasteiger partial charge in [-0.25, -0.2) is 0 Å². The predicted octanol–water partition coefficient (Wildman–Crippen LogP) is 2.43. The molecule has 1 aliphatic rings. The van der Waals surface area contributed by atoms with E-state index in [0.717, 1.165) is 27.2 Å². The maximum Gasteiger partial charge on any atom is 0.471 e. The molecule has 0 aromatic carbocycles. The van der Waals surface area contributed by atoms with Crippen LogP contribution < -0.4 is 5.32 Å². The summed E-state index contributed by atoms with van der Waals surface area (Å²) in [7, 11) is 0. The second-order valence-corrected chi connectivity index (χ2v) is 9.67. The SMILES string of the molecule is CC(=O)OC[C@H]1O[C@H](SCCCCCCCNC(=O)C(F)(F)F)[C@@H](OC(C)=O)[C@@H](OC(C)=O)[C@@H]1OC(C)=O. The van der Waals surface area contributed by atoms with Crippen molar-refractivity contribution in [3.05, 3.63) is 0 Å². The van der Waals surface area contributed by atoms with Gasteiger partial charge < -0.3 is 29.0 Å².